The van der Waals surface area contributed by atoms with Crippen molar-refractivity contribution in [3.8, 4) is 0 Å². The summed E-state index contributed by atoms with van der Waals surface area (Å²) in [5.41, 5.74) is 4.17. The van der Waals surface area contributed by atoms with Crippen molar-refractivity contribution in [2.45, 2.75) is 73.3 Å². The van der Waals surface area contributed by atoms with Crippen molar-refractivity contribution >= 4 is 11.7 Å². The Bertz CT molecular complexity index is 777. The van der Waals surface area contributed by atoms with E-state index >= 15 is 0 Å². The average Bonchev–Trinajstić information content (AvgIpc) is 3.05. The van der Waals surface area contributed by atoms with Gasteiger partial charge in [0.15, 0.2) is 5.78 Å². The fourth-order valence-corrected chi connectivity index (χ4v) is 5.10. The molecule has 0 spiro atoms. The lowest BCUT2D eigenvalue weighted by Gasteiger charge is -2.30. The molecule has 1 aromatic heterocycles. The third-order valence-electron chi connectivity index (χ3n) is 6.57. The number of amides is 1. The molecule has 0 radical (unpaired) electrons. The lowest BCUT2D eigenvalue weighted by atomic mass is 9.75. The molecule has 1 N–H and O–H groups in total. The summed E-state index contributed by atoms with van der Waals surface area (Å²) in [5, 5.41) is 3.15. The van der Waals surface area contributed by atoms with Gasteiger partial charge in [-0.3, -0.25) is 9.59 Å². The third-order valence-corrected chi connectivity index (χ3v) is 6.57. The maximum atomic E-state index is 13.0. The van der Waals surface area contributed by atoms with Gasteiger partial charge in [-0.25, -0.2) is 0 Å². The molecule has 1 atom stereocenters. The van der Waals surface area contributed by atoms with Crippen molar-refractivity contribution in [2.75, 3.05) is 26.7 Å². The Kier molecular flexibility index (Phi) is 5.77. The van der Waals surface area contributed by atoms with Crippen LogP contribution < -0.4 is 5.32 Å². The summed E-state index contributed by atoms with van der Waals surface area (Å²) in [5.74, 6) is 0.240. The highest BCUT2D eigenvalue weighted by molar-refractivity contribution is 6.01. The Hall–Kier alpha value is -1.62. The first kappa shape index (κ1) is 21.1. The summed E-state index contributed by atoms with van der Waals surface area (Å²) < 4.78 is 2.30. The van der Waals surface area contributed by atoms with Gasteiger partial charge in [0.05, 0.1) is 6.42 Å². The highest BCUT2D eigenvalue weighted by Crippen LogP contribution is 2.39. The fourth-order valence-electron chi connectivity index (χ4n) is 5.10. The Balaban J connectivity index is 1.80. The lowest BCUT2D eigenvalue weighted by Crippen LogP contribution is -2.38. The van der Waals surface area contributed by atoms with Crippen molar-refractivity contribution in [3.63, 3.8) is 0 Å². The van der Waals surface area contributed by atoms with E-state index in [0.717, 1.165) is 61.4 Å². The second kappa shape index (κ2) is 7.66. The highest BCUT2D eigenvalue weighted by atomic mass is 16.1. The third kappa shape index (κ3) is 4.19. The number of carbonyl (C=O) groups is 2. The van der Waals surface area contributed by atoms with E-state index in [-0.39, 0.29) is 22.5 Å². The summed E-state index contributed by atoms with van der Waals surface area (Å²) in [4.78, 5) is 28.1. The van der Waals surface area contributed by atoms with E-state index in [4.69, 9.17) is 0 Å². The highest BCUT2D eigenvalue weighted by Gasteiger charge is 2.37. The molecule has 0 unspecified atom stereocenters. The number of nitrogens with one attached hydrogen (secondary N) is 1. The van der Waals surface area contributed by atoms with E-state index in [2.05, 4.69) is 56.5 Å². The van der Waals surface area contributed by atoms with Gasteiger partial charge in [0, 0.05) is 43.0 Å². The first-order valence-corrected chi connectivity index (χ1v) is 10.7. The number of likely N-dealkylation sites (tertiary alicyclic amines) is 1. The van der Waals surface area contributed by atoms with Crippen molar-refractivity contribution in [3.05, 3.63) is 22.5 Å². The van der Waals surface area contributed by atoms with Gasteiger partial charge >= 0.3 is 0 Å². The quantitative estimate of drug-likeness (QED) is 0.814. The molecule has 0 aromatic carbocycles. The smallest absolute Gasteiger partial charge is 0.224 e. The summed E-state index contributed by atoms with van der Waals surface area (Å²) in [6, 6.07) is 0. The Morgan fingerprint density at radius 3 is 2.54 bits per heavy atom. The van der Waals surface area contributed by atoms with E-state index in [1.807, 2.05) is 0 Å². The van der Waals surface area contributed by atoms with Gasteiger partial charge in [0.2, 0.25) is 5.91 Å². The number of carbonyl (C=O) groups excluding carboxylic acids is 2. The van der Waals surface area contributed by atoms with Crippen LogP contribution in [0, 0.1) is 17.8 Å². The molecule has 5 nitrogen and oxygen atoms in total. The van der Waals surface area contributed by atoms with Crippen LogP contribution in [-0.2, 0) is 24.2 Å². The van der Waals surface area contributed by atoms with E-state index in [9.17, 15) is 9.59 Å². The lowest BCUT2D eigenvalue weighted by molar-refractivity contribution is -0.120. The van der Waals surface area contributed by atoms with Crippen LogP contribution in [0.5, 0.6) is 0 Å². The zero-order valence-corrected chi connectivity index (χ0v) is 18.6. The predicted octanol–water partition coefficient (Wildman–Crippen LogP) is 3.36. The summed E-state index contributed by atoms with van der Waals surface area (Å²) in [6.45, 7) is 14.5. The minimum Gasteiger partial charge on any atom is -0.355 e. The molecule has 1 fully saturated rings. The van der Waals surface area contributed by atoms with Gasteiger partial charge in [0.1, 0.15) is 0 Å². The molecule has 0 bridgehead atoms. The van der Waals surface area contributed by atoms with Crippen LogP contribution in [0.2, 0.25) is 0 Å². The topological polar surface area (TPSA) is 54.3 Å². The van der Waals surface area contributed by atoms with Crippen LogP contribution in [0.15, 0.2) is 0 Å². The summed E-state index contributed by atoms with van der Waals surface area (Å²) >= 11 is 0. The average molecular weight is 388 g/mol. The molecule has 2 aliphatic rings. The summed E-state index contributed by atoms with van der Waals surface area (Å²) in [6.07, 6.45) is 3.91. The van der Waals surface area contributed by atoms with Crippen LogP contribution in [0.4, 0.5) is 0 Å². The standard InChI is InChI=1S/C23H37N3O2/c1-7-9-26-16(2)17(21-18(26)12-22(3,4)13-19(21)27)11-20(28)24-14-23(5)8-10-25(6)15-23/h7-15H2,1-6H3,(H,24,28)/t23-/m1/s1. The number of hydrogen-bond donors (Lipinski definition) is 1. The van der Waals surface area contributed by atoms with Crippen molar-refractivity contribution in [1.29, 1.82) is 0 Å². The number of aromatic nitrogens is 1. The SMILES string of the molecule is CCCn1c(C)c(CC(=O)NC[C@@]2(C)CCN(C)C2)c2c1CC(C)(C)CC2=O. The largest absolute Gasteiger partial charge is 0.355 e. The van der Waals surface area contributed by atoms with Crippen LogP contribution in [0.3, 0.4) is 0 Å². The van der Waals surface area contributed by atoms with Crippen molar-refractivity contribution in [2.24, 2.45) is 10.8 Å². The van der Waals surface area contributed by atoms with Crippen LogP contribution in [-0.4, -0.2) is 47.8 Å². The maximum Gasteiger partial charge on any atom is 0.224 e. The van der Waals surface area contributed by atoms with Gasteiger partial charge in [-0.2, -0.15) is 0 Å². The molecular weight excluding hydrogens is 350 g/mol. The number of ketones is 1. The van der Waals surface area contributed by atoms with Crippen LogP contribution in [0.1, 0.15) is 74.3 Å². The predicted molar refractivity (Wildman–Crippen MR) is 113 cm³/mol. The van der Waals surface area contributed by atoms with Gasteiger partial charge in [-0.05, 0) is 56.2 Å². The molecule has 156 valence electrons. The number of Topliss-reactive ketones (excluding diaryl/α,β-unsaturated/α-hetero) is 1. The van der Waals surface area contributed by atoms with Gasteiger partial charge in [0.25, 0.3) is 0 Å². The van der Waals surface area contributed by atoms with Crippen molar-refractivity contribution in [1.82, 2.24) is 14.8 Å². The van der Waals surface area contributed by atoms with E-state index in [1.165, 1.54) is 0 Å². The molecule has 2 heterocycles. The molecule has 1 saturated heterocycles. The minimum absolute atomic E-state index is 0.0109. The number of rotatable bonds is 6. The van der Waals surface area contributed by atoms with Crippen molar-refractivity contribution < 1.29 is 9.59 Å². The minimum atomic E-state index is -0.0109. The molecule has 5 heteroatoms. The van der Waals surface area contributed by atoms with Gasteiger partial charge < -0.3 is 14.8 Å². The maximum absolute atomic E-state index is 13.0. The Morgan fingerprint density at radius 1 is 1.21 bits per heavy atom. The molecule has 1 aliphatic carbocycles. The van der Waals surface area contributed by atoms with E-state index in [1.54, 1.807) is 0 Å². The first-order chi connectivity index (χ1) is 13.1. The van der Waals surface area contributed by atoms with E-state index < -0.39 is 0 Å². The molecule has 1 amide bonds. The molecule has 28 heavy (non-hydrogen) atoms. The molecule has 0 saturated carbocycles. The zero-order chi connectivity index (χ0) is 20.7. The monoisotopic (exact) mass is 387 g/mol. The number of nitrogens with zero attached hydrogens (tertiary/aromatic N) is 2. The Morgan fingerprint density at radius 2 is 1.93 bits per heavy atom. The van der Waals surface area contributed by atoms with Crippen LogP contribution >= 0.6 is 0 Å². The molecule has 1 aliphatic heterocycles. The fraction of sp³-hybridized carbons (Fsp3) is 0.739. The summed E-state index contributed by atoms with van der Waals surface area (Å²) in [7, 11) is 2.13. The zero-order valence-electron chi connectivity index (χ0n) is 18.6. The molecule has 3 rings (SSSR count). The first-order valence-electron chi connectivity index (χ1n) is 10.7. The van der Waals surface area contributed by atoms with Crippen LogP contribution in [0.25, 0.3) is 0 Å². The van der Waals surface area contributed by atoms with Gasteiger partial charge in [-0.15, -0.1) is 0 Å². The number of fused-ring (bicyclic) bond motifs is 1. The van der Waals surface area contributed by atoms with Gasteiger partial charge in [-0.1, -0.05) is 27.7 Å². The number of hydrogen-bond acceptors (Lipinski definition) is 3. The Labute approximate surface area is 169 Å². The molecular formula is C23H37N3O2. The second-order valence-corrected chi connectivity index (χ2v) is 10.2. The molecule has 1 aromatic rings. The normalized spacial score (nSPS) is 24.4. The second-order valence-electron chi connectivity index (χ2n) is 10.2. The van der Waals surface area contributed by atoms with E-state index in [0.29, 0.717) is 19.4 Å².